The predicted molar refractivity (Wildman–Crippen MR) is 90.8 cm³/mol. The molecule has 0 aliphatic rings. The molecule has 0 spiro atoms. The first-order valence-electron chi connectivity index (χ1n) is 6.61. The van der Waals surface area contributed by atoms with E-state index in [4.69, 9.17) is 5.73 Å². The second kappa shape index (κ2) is 5.26. The molecule has 0 saturated heterocycles. The molecule has 114 valence electrons. The summed E-state index contributed by atoms with van der Waals surface area (Å²) in [5, 5.41) is 0.362. The zero-order valence-electron chi connectivity index (χ0n) is 12.1. The summed E-state index contributed by atoms with van der Waals surface area (Å²) in [6, 6.07) is 10.1. The van der Waals surface area contributed by atoms with Crippen molar-refractivity contribution in [3.63, 3.8) is 0 Å². The van der Waals surface area contributed by atoms with Gasteiger partial charge in [0.15, 0.2) is 5.13 Å². The molecule has 3 N–H and O–H groups in total. The molecule has 0 saturated carbocycles. The van der Waals surface area contributed by atoms with Crippen LogP contribution in [-0.4, -0.2) is 13.4 Å². The highest BCUT2D eigenvalue weighted by Crippen LogP contribution is 2.30. The van der Waals surface area contributed by atoms with E-state index >= 15 is 0 Å². The average molecular weight is 333 g/mol. The van der Waals surface area contributed by atoms with Crippen LogP contribution in [0.4, 0.5) is 10.8 Å². The van der Waals surface area contributed by atoms with Crippen molar-refractivity contribution >= 4 is 42.4 Å². The summed E-state index contributed by atoms with van der Waals surface area (Å²) in [6.07, 6.45) is 0. The number of hydrogen-bond donors (Lipinski definition) is 2. The fourth-order valence-corrected chi connectivity index (χ4v) is 4.51. The van der Waals surface area contributed by atoms with Crippen molar-refractivity contribution < 1.29 is 8.42 Å². The van der Waals surface area contributed by atoms with E-state index in [0.29, 0.717) is 10.8 Å². The molecule has 7 heteroatoms. The van der Waals surface area contributed by atoms with Gasteiger partial charge >= 0.3 is 0 Å². The number of nitrogens with zero attached hydrogens (tertiary/aromatic N) is 1. The highest BCUT2D eigenvalue weighted by molar-refractivity contribution is 7.93. The van der Waals surface area contributed by atoms with E-state index in [1.54, 1.807) is 12.1 Å². The lowest BCUT2D eigenvalue weighted by atomic mass is 10.1. The lowest BCUT2D eigenvalue weighted by Crippen LogP contribution is -2.12. The fraction of sp³-hybridized carbons (Fsp3) is 0.133. The first kappa shape index (κ1) is 14.8. The minimum absolute atomic E-state index is 0.161. The monoisotopic (exact) mass is 333 g/mol. The Hall–Kier alpha value is -2.12. The minimum atomic E-state index is -3.66. The average Bonchev–Trinajstić information content (AvgIpc) is 2.81. The van der Waals surface area contributed by atoms with Crippen molar-refractivity contribution in [1.29, 1.82) is 0 Å². The topological polar surface area (TPSA) is 85.1 Å². The Bertz CT molecular complexity index is 945. The first-order chi connectivity index (χ1) is 10.3. The number of rotatable bonds is 3. The van der Waals surface area contributed by atoms with Crippen molar-refractivity contribution in [1.82, 2.24) is 4.98 Å². The molecule has 0 radical (unpaired) electrons. The lowest BCUT2D eigenvalue weighted by Gasteiger charge is -2.04. The highest BCUT2D eigenvalue weighted by atomic mass is 32.2. The van der Waals surface area contributed by atoms with Gasteiger partial charge in [-0.25, -0.2) is 13.4 Å². The van der Waals surface area contributed by atoms with Crippen LogP contribution in [0.3, 0.4) is 0 Å². The summed E-state index contributed by atoms with van der Waals surface area (Å²) < 4.78 is 28.2. The van der Waals surface area contributed by atoms with Gasteiger partial charge in [0.25, 0.3) is 10.0 Å². The van der Waals surface area contributed by atoms with Gasteiger partial charge in [0, 0.05) is 5.69 Å². The number of thiazole rings is 1. The van der Waals surface area contributed by atoms with E-state index in [1.165, 1.54) is 23.5 Å². The Kier molecular flexibility index (Phi) is 3.54. The molecule has 0 fully saturated rings. The number of aryl methyl sites for hydroxylation is 2. The van der Waals surface area contributed by atoms with Crippen LogP contribution in [0.25, 0.3) is 10.2 Å². The zero-order chi connectivity index (χ0) is 15.9. The lowest BCUT2D eigenvalue weighted by molar-refractivity contribution is 0.601. The van der Waals surface area contributed by atoms with Crippen LogP contribution in [0.1, 0.15) is 11.1 Å². The zero-order valence-corrected chi connectivity index (χ0v) is 13.8. The summed E-state index contributed by atoms with van der Waals surface area (Å²) in [6.45, 7) is 3.97. The molecule has 0 aliphatic carbocycles. The molecule has 3 rings (SSSR count). The molecule has 0 atom stereocenters. The Morgan fingerprint density at radius 2 is 1.82 bits per heavy atom. The maximum Gasteiger partial charge on any atom is 0.263 e. The molecule has 2 aromatic carbocycles. The molecule has 1 aromatic heterocycles. The quantitative estimate of drug-likeness (QED) is 0.720. The Balaban J connectivity index is 1.98. The Labute approximate surface area is 132 Å². The van der Waals surface area contributed by atoms with Gasteiger partial charge in [-0.2, -0.15) is 0 Å². The van der Waals surface area contributed by atoms with E-state index in [2.05, 4.69) is 9.71 Å². The van der Waals surface area contributed by atoms with E-state index in [0.717, 1.165) is 21.3 Å². The Morgan fingerprint density at radius 3 is 2.50 bits per heavy atom. The summed E-state index contributed by atoms with van der Waals surface area (Å²) in [5.41, 5.74) is 9.08. The number of benzene rings is 2. The van der Waals surface area contributed by atoms with Crippen LogP contribution in [0.15, 0.2) is 41.3 Å². The van der Waals surface area contributed by atoms with E-state index in [1.807, 2.05) is 26.0 Å². The number of nitrogens with one attached hydrogen (secondary N) is 1. The third-order valence-corrected chi connectivity index (χ3v) is 5.64. The molecule has 0 aliphatic heterocycles. The van der Waals surface area contributed by atoms with Crippen LogP contribution in [0.2, 0.25) is 0 Å². The van der Waals surface area contributed by atoms with Gasteiger partial charge in [-0.15, -0.1) is 0 Å². The molecule has 1 heterocycles. The molecular formula is C15H15N3O2S2. The van der Waals surface area contributed by atoms with Crippen LogP contribution in [0, 0.1) is 13.8 Å². The second-order valence-corrected chi connectivity index (χ2v) is 7.84. The number of sulfonamides is 1. The van der Waals surface area contributed by atoms with Gasteiger partial charge in [-0.1, -0.05) is 17.4 Å². The van der Waals surface area contributed by atoms with Crippen LogP contribution in [-0.2, 0) is 10.0 Å². The van der Waals surface area contributed by atoms with Crippen LogP contribution < -0.4 is 10.5 Å². The van der Waals surface area contributed by atoms with Gasteiger partial charge in [0.05, 0.1) is 15.1 Å². The SMILES string of the molecule is Cc1cc(C)c2nc(NS(=O)(=O)c3ccc(N)cc3)sc2c1. The van der Waals surface area contributed by atoms with Crippen molar-refractivity contribution in [3.05, 3.63) is 47.5 Å². The van der Waals surface area contributed by atoms with Crippen LogP contribution >= 0.6 is 11.3 Å². The predicted octanol–water partition coefficient (Wildman–Crippen LogP) is 3.30. The third-order valence-electron chi connectivity index (χ3n) is 3.24. The van der Waals surface area contributed by atoms with Gasteiger partial charge in [0.1, 0.15) is 0 Å². The highest BCUT2D eigenvalue weighted by Gasteiger charge is 2.17. The number of anilines is 2. The maximum absolute atomic E-state index is 12.4. The fourth-order valence-electron chi connectivity index (χ4n) is 2.24. The van der Waals surface area contributed by atoms with Crippen molar-refractivity contribution in [2.75, 3.05) is 10.5 Å². The summed E-state index contributed by atoms with van der Waals surface area (Å²) in [4.78, 5) is 4.55. The summed E-state index contributed by atoms with van der Waals surface area (Å²) >= 11 is 1.32. The number of nitrogens with two attached hydrogens (primary N) is 1. The third kappa shape index (κ3) is 2.77. The molecule has 0 amide bonds. The largest absolute Gasteiger partial charge is 0.399 e. The second-order valence-electron chi connectivity index (χ2n) is 5.12. The molecule has 22 heavy (non-hydrogen) atoms. The van der Waals surface area contributed by atoms with Gasteiger partial charge in [-0.3, -0.25) is 4.72 Å². The van der Waals surface area contributed by atoms with Gasteiger partial charge in [-0.05, 0) is 55.3 Å². The normalized spacial score (nSPS) is 11.7. The molecule has 3 aromatic rings. The standard InChI is InChI=1S/C15H15N3O2S2/c1-9-7-10(2)14-13(8-9)21-15(17-14)18-22(19,20)12-5-3-11(16)4-6-12/h3-8H,16H2,1-2H3,(H,17,18). The summed E-state index contributed by atoms with van der Waals surface area (Å²) in [5.74, 6) is 0. The van der Waals surface area contributed by atoms with E-state index in [9.17, 15) is 8.42 Å². The number of fused-ring (bicyclic) bond motifs is 1. The van der Waals surface area contributed by atoms with E-state index < -0.39 is 10.0 Å². The van der Waals surface area contributed by atoms with Gasteiger partial charge in [0.2, 0.25) is 0 Å². The molecule has 0 bridgehead atoms. The minimum Gasteiger partial charge on any atom is -0.399 e. The molecule has 0 unspecified atom stereocenters. The number of hydrogen-bond acceptors (Lipinski definition) is 5. The van der Waals surface area contributed by atoms with Gasteiger partial charge < -0.3 is 5.73 Å². The molecular weight excluding hydrogens is 318 g/mol. The molecule has 5 nitrogen and oxygen atoms in total. The van der Waals surface area contributed by atoms with Crippen molar-refractivity contribution in [2.24, 2.45) is 0 Å². The van der Waals surface area contributed by atoms with Crippen molar-refractivity contribution in [3.8, 4) is 0 Å². The first-order valence-corrected chi connectivity index (χ1v) is 8.91. The number of nitrogen functional groups attached to an aromatic ring is 1. The number of aromatic nitrogens is 1. The summed E-state index contributed by atoms with van der Waals surface area (Å²) in [7, 11) is -3.66. The van der Waals surface area contributed by atoms with Crippen LogP contribution in [0.5, 0.6) is 0 Å². The maximum atomic E-state index is 12.4. The smallest absolute Gasteiger partial charge is 0.263 e. The van der Waals surface area contributed by atoms with E-state index in [-0.39, 0.29) is 4.90 Å². The Morgan fingerprint density at radius 1 is 1.14 bits per heavy atom. The van der Waals surface area contributed by atoms with Crippen molar-refractivity contribution in [2.45, 2.75) is 18.7 Å².